The first kappa shape index (κ1) is 26.8. The van der Waals surface area contributed by atoms with E-state index >= 15 is 0 Å². The zero-order valence-corrected chi connectivity index (χ0v) is 19.2. The van der Waals surface area contributed by atoms with Crippen molar-refractivity contribution in [2.75, 3.05) is 6.54 Å². The first-order valence-electron chi connectivity index (χ1n) is 11.1. The van der Waals surface area contributed by atoms with Gasteiger partial charge in [0.2, 0.25) is 5.91 Å². The highest BCUT2D eigenvalue weighted by atomic mass is 16.5. The molecule has 11 heteroatoms. The van der Waals surface area contributed by atoms with E-state index in [0.717, 1.165) is 12.0 Å². The smallest absolute Gasteiger partial charge is 0.408 e. The fourth-order valence-electron chi connectivity index (χ4n) is 3.66. The molecule has 2 rings (SSSR count). The van der Waals surface area contributed by atoms with Crippen LogP contribution in [0.25, 0.3) is 0 Å². The van der Waals surface area contributed by atoms with Crippen molar-refractivity contribution in [3.05, 3.63) is 35.9 Å². The van der Waals surface area contributed by atoms with Crippen molar-refractivity contribution in [1.82, 2.24) is 15.5 Å². The van der Waals surface area contributed by atoms with E-state index in [0.29, 0.717) is 24.3 Å². The van der Waals surface area contributed by atoms with Crippen LogP contribution in [0, 0.1) is 5.92 Å². The Morgan fingerprint density at radius 2 is 1.79 bits per heavy atom. The minimum atomic E-state index is -1.93. The number of rotatable bonds is 10. The normalized spacial score (nSPS) is 17.3. The Balaban J connectivity index is 2.26. The third kappa shape index (κ3) is 7.55. The lowest BCUT2D eigenvalue weighted by atomic mass is 9.98. The van der Waals surface area contributed by atoms with Crippen LogP contribution in [-0.2, 0) is 30.5 Å². The van der Waals surface area contributed by atoms with Crippen LogP contribution in [0.5, 0.6) is 0 Å². The summed E-state index contributed by atoms with van der Waals surface area (Å²) < 4.78 is 5.16. The van der Waals surface area contributed by atoms with Gasteiger partial charge in [-0.05, 0) is 30.9 Å². The molecule has 4 N–H and O–H groups in total. The van der Waals surface area contributed by atoms with E-state index in [9.17, 15) is 34.2 Å². The average Bonchev–Trinajstić information content (AvgIpc) is 2.81. The summed E-state index contributed by atoms with van der Waals surface area (Å²) in [4.78, 5) is 62.8. The van der Waals surface area contributed by atoms with Gasteiger partial charge in [-0.15, -0.1) is 0 Å². The Hall–Kier alpha value is -3.47. The molecular formula is C23H31N3O8. The molecule has 11 nitrogen and oxygen atoms in total. The van der Waals surface area contributed by atoms with Crippen molar-refractivity contribution in [3.63, 3.8) is 0 Å². The van der Waals surface area contributed by atoms with Gasteiger partial charge < -0.3 is 25.6 Å². The third-order valence-electron chi connectivity index (χ3n) is 5.47. The zero-order valence-electron chi connectivity index (χ0n) is 19.2. The lowest BCUT2D eigenvalue weighted by Gasteiger charge is -2.35. The van der Waals surface area contributed by atoms with Crippen LogP contribution in [-0.4, -0.2) is 69.6 Å². The van der Waals surface area contributed by atoms with Crippen LogP contribution in [0.4, 0.5) is 4.79 Å². The highest BCUT2D eigenvalue weighted by molar-refractivity contribution is 6.04. The summed E-state index contributed by atoms with van der Waals surface area (Å²) in [6, 6.07) is 4.78. The number of amides is 3. The van der Waals surface area contributed by atoms with E-state index in [1.165, 1.54) is 0 Å². The number of hydrogen-bond donors (Lipinski definition) is 4. The number of imide groups is 1. The summed E-state index contributed by atoms with van der Waals surface area (Å²) in [6.45, 7) is 3.66. The first-order chi connectivity index (χ1) is 16.1. The SMILES string of the molecule is CC(C)[C@H](NC(=O)OCc1ccccc1)C(=O)N(C(=O)[C@@H]1CCCCN1)[C@@H](CC(=O)O)C(=O)O. The lowest BCUT2D eigenvalue weighted by molar-refractivity contribution is -0.162. The number of nitrogens with zero attached hydrogens (tertiary/aromatic N) is 1. The van der Waals surface area contributed by atoms with Crippen LogP contribution in [0.2, 0.25) is 0 Å². The minimum absolute atomic E-state index is 0.0584. The number of aliphatic carboxylic acids is 2. The quantitative estimate of drug-likeness (QED) is 0.390. The second kappa shape index (κ2) is 12.7. The van der Waals surface area contributed by atoms with Gasteiger partial charge in [0.1, 0.15) is 18.7 Å². The number of alkyl carbamates (subject to hydrolysis) is 1. The molecule has 0 spiro atoms. The van der Waals surface area contributed by atoms with Crippen molar-refractivity contribution in [1.29, 1.82) is 0 Å². The number of carbonyl (C=O) groups excluding carboxylic acids is 3. The Morgan fingerprint density at radius 3 is 2.32 bits per heavy atom. The maximum absolute atomic E-state index is 13.5. The number of carboxylic acid groups (broad SMARTS) is 2. The summed E-state index contributed by atoms with van der Waals surface area (Å²) >= 11 is 0. The molecule has 1 aliphatic heterocycles. The molecule has 0 saturated carbocycles. The molecule has 1 fully saturated rings. The number of piperidine rings is 1. The molecule has 186 valence electrons. The van der Waals surface area contributed by atoms with Crippen LogP contribution in [0.3, 0.4) is 0 Å². The fourth-order valence-corrected chi connectivity index (χ4v) is 3.66. The van der Waals surface area contributed by atoms with Gasteiger partial charge in [-0.2, -0.15) is 0 Å². The molecular weight excluding hydrogens is 446 g/mol. The number of carboxylic acids is 2. The van der Waals surface area contributed by atoms with Crippen molar-refractivity contribution in [2.24, 2.45) is 5.92 Å². The molecule has 0 radical (unpaired) electrons. The summed E-state index contributed by atoms with van der Waals surface area (Å²) in [7, 11) is 0. The van der Waals surface area contributed by atoms with E-state index in [2.05, 4.69) is 10.6 Å². The molecule has 1 aromatic rings. The Kier molecular flexibility index (Phi) is 9.99. The van der Waals surface area contributed by atoms with Crippen LogP contribution < -0.4 is 10.6 Å². The second-order valence-corrected chi connectivity index (χ2v) is 8.43. The molecule has 1 saturated heterocycles. The standard InChI is InChI=1S/C23H31N3O8/c1-14(2)19(25-23(33)34-13-15-8-4-3-5-9-15)21(30)26(17(22(31)32)12-18(27)28)20(29)16-10-6-7-11-24-16/h3-5,8-9,14,16-17,19,24H,6-7,10-13H2,1-2H3,(H,25,33)(H,27,28)(H,31,32)/t16-,17-,19-/m0/s1. The molecule has 0 unspecified atom stereocenters. The number of carbonyl (C=O) groups is 5. The molecule has 1 aliphatic rings. The van der Waals surface area contributed by atoms with Gasteiger partial charge in [0.05, 0.1) is 12.5 Å². The molecule has 0 aromatic heterocycles. The van der Waals surface area contributed by atoms with Gasteiger partial charge in [0.15, 0.2) is 0 Å². The second-order valence-electron chi connectivity index (χ2n) is 8.43. The molecule has 3 amide bonds. The predicted molar refractivity (Wildman–Crippen MR) is 120 cm³/mol. The van der Waals surface area contributed by atoms with Gasteiger partial charge in [-0.1, -0.05) is 50.6 Å². The van der Waals surface area contributed by atoms with Crippen LogP contribution in [0.1, 0.15) is 45.1 Å². The maximum Gasteiger partial charge on any atom is 0.408 e. The van der Waals surface area contributed by atoms with E-state index in [-0.39, 0.29) is 6.61 Å². The summed E-state index contributed by atoms with van der Waals surface area (Å²) in [5.41, 5.74) is 0.720. The molecule has 34 heavy (non-hydrogen) atoms. The highest BCUT2D eigenvalue weighted by Gasteiger charge is 2.43. The van der Waals surface area contributed by atoms with E-state index in [1.807, 2.05) is 0 Å². The molecule has 1 heterocycles. The Labute approximate surface area is 197 Å². The van der Waals surface area contributed by atoms with Crippen LogP contribution >= 0.6 is 0 Å². The monoisotopic (exact) mass is 477 g/mol. The molecule has 1 aromatic carbocycles. The number of nitrogens with one attached hydrogen (secondary N) is 2. The van der Waals surface area contributed by atoms with Gasteiger partial charge >= 0.3 is 18.0 Å². The van der Waals surface area contributed by atoms with Crippen molar-refractivity contribution >= 4 is 29.8 Å². The Morgan fingerprint density at radius 1 is 1.12 bits per heavy atom. The lowest BCUT2D eigenvalue weighted by Crippen LogP contribution is -2.61. The van der Waals surface area contributed by atoms with E-state index in [1.54, 1.807) is 44.2 Å². The maximum atomic E-state index is 13.5. The number of benzene rings is 1. The third-order valence-corrected chi connectivity index (χ3v) is 5.47. The number of hydrogen-bond acceptors (Lipinski definition) is 7. The van der Waals surface area contributed by atoms with Crippen molar-refractivity contribution < 1.29 is 38.9 Å². The van der Waals surface area contributed by atoms with Gasteiger partial charge in [0.25, 0.3) is 5.91 Å². The van der Waals surface area contributed by atoms with Crippen molar-refractivity contribution in [3.8, 4) is 0 Å². The van der Waals surface area contributed by atoms with Crippen LogP contribution in [0.15, 0.2) is 30.3 Å². The highest BCUT2D eigenvalue weighted by Crippen LogP contribution is 2.18. The number of ether oxygens (including phenoxy) is 1. The predicted octanol–water partition coefficient (Wildman–Crippen LogP) is 1.36. The molecule has 0 aliphatic carbocycles. The van der Waals surface area contributed by atoms with E-state index < -0.39 is 60.3 Å². The summed E-state index contributed by atoms with van der Waals surface area (Å²) in [6.07, 6.45) is -0.00788. The largest absolute Gasteiger partial charge is 0.481 e. The van der Waals surface area contributed by atoms with Gasteiger partial charge in [-0.25, -0.2) is 9.59 Å². The van der Waals surface area contributed by atoms with Gasteiger partial charge in [-0.3, -0.25) is 19.3 Å². The van der Waals surface area contributed by atoms with E-state index in [4.69, 9.17) is 4.74 Å². The summed E-state index contributed by atoms with van der Waals surface area (Å²) in [5, 5.41) is 24.2. The average molecular weight is 478 g/mol. The zero-order chi connectivity index (χ0) is 25.3. The Bertz CT molecular complexity index is 883. The van der Waals surface area contributed by atoms with Crippen molar-refractivity contribution in [2.45, 2.75) is 64.3 Å². The minimum Gasteiger partial charge on any atom is -0.481 e. The van der Waals surface area contributed by atoms with Gasteiger partial charge in [0, 0.05) is 0 Å². The fraction of sp³-hybridized carbons (Fsp3) is 0.522. The molecule has 0 bridgehead atoms. The topological polar surface area (TPSA) is 162 Å². The molecule has 3 atom stereocenters. The first-order valence-corrected chi connectivity index (χ1v) is 11.1. The summed E-state index contributed by atoms with van der Waals surface area (Å²) in [5.74, 6) is -5.49.